The number of benzene rings is 1. The summed E-state index contributed by atoms with van der Waals surface area (Å²) in [4.78, 5) is 34.3. The van der Waals surface area contributed by atoms with Crippen molar-refractivity contribution in [3.05, 3.63) is 35.9 Å². The van der Waals surface area contributed by atoms with E-state index in [0.29, 0.717) is 0 Å². The van der Waals surface area contributed by atoms with Crippen LogP contribution >= 0.6 is 22.6 Å². The Hall–Kier alpha value is -1.84. The van der Waals surface area contributed by atoms with E-state index in [0.717, 1.165) is 5.56 Å². The normalized spacial score (nSPS) is 12.9. The highest BCUT2D eigenvalue weighted by Gasteiger charge is 2.19. The van der Waals surface area contributed by atoms with E-state index in [1.165, 1.54) is 0 Å². The Kier molecular flexibility index (Phi) is 6.92. The van der Waals surface area contributed by atoms with Gasteiger partial charge in [-0.1, -0.05) is 52.9 Å². The number of alkyl halides is 1. The van der Waals surface area contributed by atoms with Gasteiger partial charge in [0.25, 0.3) is 5.91 Å². The largest absolute Gasteiger partial charge is 0.368 e. The Bertz CT molecular complexity index is 507. The molecule has 0 unspecified atom stereocenters. The van der Waals surface area contributed by atoms with Crippen LogP contribution in [0.1, 0.15) is 12.5 Å². The summed E-state index contributed by atoms with van der Waals surface area (Å²) in [5.74, 6) is -0.993. The standard InChI is InChI=1S/C13H17IN4O3/c1-8(14)12(20)17-18-13(21)16-10(11(15)19)7-9-5-3-2-4-6-9/h2-6,8,10H,7H2,1H3,(H2,15,19)(H,17,20)(H2,16,18,21)/t8-,10-/m0/s1. The topological polar surface area (TPSA) is 113 Å². The van der Waals surface area contributed by atoms with Crippen LogP contribution in [0.3, 0.4) is 0 Å². The van der Waals surface area contributed by atoms with Crippen LogP contribution in [0.5, 0.6) is 0 Å². The molecule has 1 aromatic rings. The van der Waals surface area contributed by atoms with Crippen molar-refractivity contribution in [1.82, 2.24) is 16.2 Å². The minimum atomic E-state index is -0.860. The number of hydrazine groups is 1. The molecular formula is C13H17IN4O3. The summed E-state index contributed by atoms with van der Waals surface area (Å²) in [5.41, 5.74) is 10.5. The third-order valence-corrected chi connectivity index (χ3v) is 3.16. The van der Waals surface area contributed by atoms with Gasteiger partial charge in [-0.2, -0.15) is 0 Å². The van der Waals surface area contributed by atoms with Gasteiger partial charge in [0.2, 0.25) is 5.91 Å². The molecule has 0 spiro atoms. The zero-order chi connectivity index (χ0) is 15.8. The fourth-order valence-electron chi connectivity index (χ4n) is 1.48. The molecule has 0 heterocycles. The lowest BCUT2D eigenvalue weighted by Crippen LogP contribution is -2.54. The predicted octanol–water partition coefficient (Wildman–Crippen LogP) is 0.237. The maximum absolute atomic E-state index is 11.6. The molecule has 0 aromatic heterocycles. The molecule has 0 aliphatic carbocycles. The number of carbonyl (C=O) groups excluding carboxylic acids is 3. The Balaban J connectivity index is 2.53. The Morgan fingerprint density at radius 2 is 1.81 bits per heavy atom. The minimum absolute atomic E-state index is 0.278. The monoisotopic (exact) mass is 404 g/mol. The number of hydrogen-bond donors (Lipinski definition) is 4. The van der Waals surface area contributed by atoms with E-state index >= 15 is 0 Å². The van der Waals surface area contributed by atoms with Gasteiger partial charge in [0.15, 0.2) is 0 Å². The van der Waals surface area contributed by atoms with Crippen LogP contribution in [0.25, 0.3) is 0 Å². The summed E-state index contributed by atoms with van der Waals surface area (Å²) >= 11 is 1.91. The van der Waals surface area contributed by atoms with Crippen LogP contribution in [0, 0.1) is 0 Å². The number of halogens is 1. The zero-order valence-corrected chi connectivity index (χ0v) is 13.6. The van der Waals surface area contributed by atoms with Crippen molar-refractivity contribution < 1.29 is 14.4 Å². The molecule has 0 aliphatic heterocycles. The molecule has 0 aliphatic rings. The van der Waals surface area contributed by atoms with E-state index in [1.54, 1.807) is 6.92 Å². The third kappa shape index (κ3) is 6.43. The molecule has 1 rings (SSSR count). The molecule has 5 N–H and O–H groups in total. The van der Waals surface area contributed by atoms with Gasteiger partial charge in [-0.25, -0.2) is 10.2 Å². The highest BCUT2D eigenvalue weighted by molar-refractivity contribution is 14.1. The van der Waals surface area contributed by atoms with Gasteiger partial charge in [0.05, 0.1) is 3.92 Å². The van der Waals surface area contributed by atoms with E-state index in [4.69, 9.17) is 5.73 Å². The molecule has 1 aromatic carbocycles. The average Bonchev–Trinajstić information content (AvgIpc) is 2.44. The molecule has 0 fully saturated rings. The number of primary amides is 1. The maximum Gasteiger partial charge on any atom is 0.334 e. The summed E-state index contributed by atoms with van der Waals surface area (Å²) in [6, 6.07) is 7.61. The number of carbonyl (C=O) groups is 3. The highest BCUT2D eigenvalue weighted by Crippen LogP contribution is 2.03. The molecule has 2 atom stereocenters. The maximum atomic E-state index is 11.6. The number of rotatable bonds is 5. The molecule has 114 valence electrons. The SMILES string of the molecule is C[C@H](I)C(=O)NNC(=O)N[C@@H](Cc1ccccc1)C(N)=O. The van der Waals surface area contributed by atoms with Crippen molar-refractivity contribution in [2.24, 2.45) is 5.73 Å². The fraction of sp³-hybridized carbons (Fsp3) is 0.308. The first-order chi connectivity index (χ1) is 9.90. The molecule has 0 bridgehead atoms. The molecule has 0 saturated heterocycles. The summed E-state index contributed by atoms with van der Waals surface area (Å²) in [7, 11) is 0. The molecule has 7 nitrogen and oxygen atoms in total. The number of hydrogen-bond acceptors (Lipinski definition) is 3. The first kappa shape index (κ1) is 17.2. The lowest BCUT2D eigenvalue weighted by atomic mass is 10.1. The van der Waals surface area contributed by atoms with Crippen molar-refractivity contribution >= 4 is 40.4 Å². The predicted molar refractivity (Wildman–Crippen MR) is 86.4 cm³/mol. The number of urea groups is 1. The first-order valence-corrected chi connectivity index (χ1v) is 7.48. The van der Waals surface area contributed by atoms with Crippen LogP contribution in [0.4, 0.5) is 4.79 Å². The van der Waals surface area contributed by atoms with Gasteiger partial charge in [-0.05, 0) is 12.5 Å². The summed E-state index contributed by atoms with van der Waals surface area (Å²) in [6.45, 7) is 1.68. The smallest absolute Gasteiger partial charge is 0.334 e. The molecule has 4 amide bonds. The molecule has 8 heteroatoms. The molecular weight excluding hydrogens is 387 g/mol. The summed E-state index contributed by atoms with van der Waals surface area (Å²) in [5, 5.41) is 2.42. The van der Waals surface area contributed by atoms with Crippen LogP contribution in [-0.2, 0) is 16.0 Å². The summed E-state index contributed by atoms with van der Waals surface area (Å²) in [6.07, 6.45) is 0.278. The number of amides is 4. The van der Waals surface area contributed by atoms with E-state index in [-0.39, 0.29) is 16.3 Å². The number of nitrogens with one attached hydrogen (secondary N) is 3. The lowest BCUT2D eigenvalue weighted by molar-refractivity contribution is -0.120. The van der Waals surface area contributed by atoms with Crippen LogP contribution in [0.15, 0.2) is 30.3 Å². The van der Waals surface area contributed by atoms with Crippen LogP contribution in [0.2, 0.25) is 0 Å². The third-order valence-electron chi connectivity index (χ3n) is 2.59. The van der Waals surface area contributed by atoms with Gasteiger partial charge in [0, 0.05) is 6.42 Å². The van der Waals surface area contributed by atoms with Gasteiger partial charge in [-0.3, -0.25) is 15.0 Å². The Morgan fingerprint density at radius 1 is 1.19 bits per heavy atom. The van der Waals surface area contributed by atoms with Crippen LogP contribution < -0.4 is 21.9 Å². The second-order valence-electron chi connectivity index (χ2n) is 4.35. The van der Waals surface area contributed by atoms with Gasteiger partial charge >= 0.3 is 6.03 Å². The van der Waals surface area contributed by atoms with Gasteiger partial charge < -0.3 is 11.1 Å². The quantitative estimate of drug-likeness (QED) is 0.320. The number of nitrogens with two attached hydrogens (primary N) is 1. The highest BCUT2D eigenvalue weighted by atomic mass is 127. The van der Waals surface area contributed by atoms with E-state index in [2.05, 4.69) is 16.2 Å². The molecule has 21 heavy (non-hydrogen) atoms. The second kappa shape index (κ2) is 8.45. The fourth-order valence-corrected chi connectivity index (χ4v) is 1.64. The van der Waals surface area contributed by atoms with Crippen molar-refractivity contribution in [2.75, 3.05) is 0 Å². The Morgan fingerprint density at radius 3 is 2.33 bits per heavy atom. The second-order valence-corrected chi connectivity index (χ2v) is 6.22. The summed E-state index contributed by atoms with van der Waals surface area (Å²) < 4.78 is -0.292. The van der Waals surface area contributed by atoms with E-state index < -0.39 is 18.0 Å². The minimum Gasteiger partial charge on any atom is -0.368 e. The molecule has 0 radical (unpaired) electrons. The van der Waals surface area contributed by atoms with Gasteiger partial charge in [0.1, 0.15) is 6.04 Å². The van der Waals surface area contributed by atoms with Crippen molar-refractivity contribution in [1.29, 1.82) is 0 Å². The first-order valence-electron chi connectivity index (χ1n) is 6.24. The Labute approximate surface area is 136 Å². The van der Waals surface area contributed by atoms with Crippen molar-refractivity contribution in [2.45, 2.75) is 23.3 Å². The van der Waals surface area contributed by atoms with E-state index in [1.807, 2.05) is 52.9 Å². The van der Waals surface area contributed by atoms with Crippen molar-refractivity contribution in [3.8, 4) is 0 Å². The van der Waals surface area contributed by atoms with E-state index in [9.17, 15) is 14.4 Å². The van der Waals surface area contributed by atoms with Crippen LogP contribution in [-0.4, -0.2) is 27.8 Å². The average molecular weight is 404 g/mol. The van der Waals surface area contributed by atoms with Crippen molar-refractivity contribution in [3.63, 3.8) is 0 Å². The zero-order valence-electron chi connectivity index (χ0n) is 11.4. The molecule has 0 saturated carbocycles. The lowest BCUT2D eigenvalue weighted by Gasteiger charge is -2.16. The van der Waals surface area contributed by atoms with Gasteiger partial charge in [-0.15, -0.1) is 0 Å².